The number of aliphatic carboxylic acids is 1. The molecular weight excluding hydrogens is 835 g/mol. The summed E-state index contributed by atoms with van der Waals surface area (Å²) in [4.78, 5) is 37.1. The van der Waals surface area contributed by atoms with Crippen molar-refractivity contribution in [3.63, 3.8) is 0 Å². The molecule has 0 radical (unpaired) electrons. The number of rotatable bonds is 49. The lowest BCUT2D eigenvalue weighted by Crippen LogP contribution is -2.55. The molecule has 0 saturated carbocycles. The first kappa shape index (κ1) is 63.8. The highest BCUT2D eigenvalue weighted by Gasteiger charge is 2.25. The summed E-state index contributed by atoms with van der Waals surface area (Å²) in [5, 5.41) is 11.7. The standard InChI is InChI=1S/C59H103NO7/c1-6-8-10-12-14-16-18-20-22-24-26-28-29-30-32-34-36-38-40-42-44-46-48-50-58(62)67-55(53-65-52-51-56(59(63)64)60(3,4)5)54-66-57(61)49-47-45-43-41-39-37-35-33-31-27-25-23-21-19-17-15-13-11-9-7-2/h8,10,14,16-17,19-23,26,28,55-56H,6-7,9,11-13,15,18,24-25,27,29-54H2,1-5H3/b10-8+,16-14+,19-17+,22-20+,23-21+,28-26+. The number of ether oxygens (including phenoxy) is 3. The van der Waals surface area contributed by atoms with Crippen LogP contribution in [0.5, 0.6) is 0 Å². The normalized spacial score (nSPS) is 13.4. The third-order valence-corrected chi connectivity index (χ3v) is 12.1. The molecule has 0 rings (SSSR count). The molecule has 0 fully saturated rings. The lowest BCUT2D eigenvalue weighted by molar-refractivity contribution is -0.889. The fourth-order valence-corrected chi connectivity index (χ4v) is 7.88. The maximum atomic E-state index is 12.8. The molecule has 0 aliphatic heterocycles. The second-order valence-electron chi connectivity index (χ2n) is 19.5. The van der Waals surface area contributed by atoms with E-state index in [4.69, 9.17) is 14.2 Å². The zero-order valence-corrected chi connectivity index (χ0v) is 44.1. The van der Waals surface area contributed by atoms with Crippen LogP contribution < -0.4 is 5.11 Å². The van der Waals surface area contributed by atoms with Crippen LogP contribution in [0.1, 0.15) is 232 Å². The topological polar surface area (TPSA) is 102 Å². The summed E-state index contributed by atoms with van der Waals surface area (Å²) >= 11 is 0. The van der Waals surface area contributed by atoms with Gasteiger partial charge in [-0.1, -0.05) is 209 Å². The molecule has 0 aliphatic carbocycles. The average molecular weight is 938 g/mol. The Balaban J connectivity index is 4.22. The lowest BCUT2D eigenvalue weighted by atomic mass is 10.0. The summed E-state index contributed by atoms with van der Waals surface area (Å²) in [6, 6.07) is -0.731. The van der Waals surface area contributed by atoms with Crippen molar-refractivity contribution in [2.75, 3.05) is 41.0 Å². The fraction of sp³-hybridized carbons (Fsp3) is 0.746. The smallest absolute Gasteiger partial charge is 0.306 e. The van der Waals surface area contributed by atoms with Crippen molar-refractivity contribution in [1.29, 1.82) is 0 Å². The second-order valence-corrected chi connectivity index (χ2v) is 19.5. The van der Waals surface area contributed by atoms with E-state index in [1.807, 2.05) is 0 Å². The molecule has 67 heavy (non-hydrogen) atoms. The van der Waals surface area contributed by atoms with Crippen LogP contribution in [-0.4, -0.2) is 75.5 Å². The van der Waals surface area contributed by atoms with E-state index in [9.17, 15) is 19.5 Å². The van der Waals surface area contributed by atoms with Crippen molar-refractivity contribution in [1.82, 2.24) is 0 Å². The predicted octanol–water partition coefficient (Wildman–Crippen LogP) is 14.9. The van der Waals surface area contributed by atoms with Crippen LogP contribution in [0.15, 0.2) is 72.9 Å². The van der Waals surface area contributed by atoms with Crippen molar-refractivity contribution < 1.29 is 38.2 Å². The van der Waals surface area contributed by atoms with Gasteiger partial charge in [0.05, 0.1) is 40.3 Å². The quantitative estimate of drug-likeness (QED) is 0.0197. The monoisotopic (exact) mass is 938 g/mol. The van der Waals surface area contributed by atoms with Crippen LogP contribution in [-0.2, 0) is 28.6 Å². The van der Waals surface area contributed by atoms with Gasteiger partial charge in [-0.05, 0) is 77.0 Å². The molecule has 2 atom stereocenters. The van der Waals surface area contributed by atoms with E-state index in [2.05, 4.69) is 86.8 Å². The highest BCUT2D eigenvalue weighted by molar-refractivity contribution is 5.70. The van der Waals surface area contributed by atoms with E-state index in [-0.39, 0.29) is 42.7 Å². The number of esters is 2. The Kier molecular flexibility index (Phi) is 46.8. The molecule has 0 bridgehead atoms. The van der Waals surface area contributed by atoms with E-state index in [1.165, 1.54) is 135 Å². The van der Waals surface area contributed by atoms with Crippen LogP contribution in [0.2, 0.25) is 0 Å². The van der Waals surface area contributed by atoms with Crippen molar-refractivity contribution in [3.8, 4) is 0 Å². The van der Waals surface area contributed by atoms with E-state index in [1.54, 1.807) is 21.1 Å². The van der Waals surface area contributed by atoms with Crippen LogP contribution in [0.25, 0.3) is 0 Å². The molecule has 0 aromatic rings. The van der Waals surface area contributed by atoms with Gasteiger partial charge in [0.15, 0.2) is 6.10 Å². The summed E-state index contributed by atoms with van der Waals surface area (Å²) in [6.07, 6.45) is 63.6. The zero-order valence-electron chi connectivity index (χ0n) is 44.1. The molecule has 8 nitrogen and oxygen atoms in total. The molecule has 0 aliphatic rings. The van der Waals surface area contributed by atoms with Gasteiger partial charge in [0.25, 0.3) is 0 Å². The number of hydrogen-bond donors (Lipinski definition) is 0. The molecule has 8 heteroatoms. The number of quaternary nitrogens is 1. The summed E-state index contributed by atoms with van der Waals surface area (Å²) in [7, 11) is 5.42. The average Bonchev–Trinajstić information content (AvgIpc) is 3.29. The van der Waals surface area contributed by atoms with E-state index >= 15 is 0 Å². The predicted molar refractivity (Wildman–Crippen MR) is 282 cm³/mol. The van der Waals surface area contributed by atoms with Crippen molar-refractivity contribution in [2.45, 2.75) is 244 Å². The van der Waals surface area contributed by atoms with Crippen molar-refractivity contribution in [3.05, 3.63) is 72.9 Å². The lowest BCUT2D eigenvalue weighted by Gasteiger charge is -2.34. The van der Waals surface area contributed by atoms with Crippen LogP contribution in [0.4, 0.5) is 0 Å². The number of carbonyl (C=O) groups is 3. The largest absolute Gasteiger partial charge is 0.544 e. The number of likely N-dealkylation sites (N-methyl/N-ethyl adjacent to an activating group) is 1. The van der Waals surface area contributed by atoms with Gasteiger partial charge in [-0.2, -0.15) is 0 Å². The Labute approximate surface area is 412 Å². The van der Waals surface area contributed by atoms with Gasteiger partial charge in [-0.3, -0.25) is 9.59 Å². The number of carboxylic acids is 1. The third kappa shape index (κ3) is 47.6. The minimum atomic E-state index is -1.13. The maximum absolute atomic E-state index is 12.8. The number of allylic oxidation sites excluding steroid dienone is 12. The molecular formula is C59H103NO7. The third-order valence-electron chi connectivity index (χ3n) is 12.1. The number of nitrogens with zero attached hydrogens (tertiary/aromatic N) is 1. The number of carbonyl (C=O) groups excluding carboxylic acids is 3. The van der Waals surface area contributed by atoms with Crippen LogP contribution in [0.3, 0.4) is 0 Å². The van der Waals surface area contributed by atoms with Crippen LogP contribution in [0, 0.1) is 0 Å². The van der Waals surface area contributed by atoms with Gasteiger partial charge in [-0.25, -0.2) is 0 Å². The minimum Gasteiger partial charge on any atom is -0.544 e. The molecule has 0 amide bonds. The molecule has 0 aromatic carbocycles. The Morgan fingerprint density at radius 1 is 0.478 bits per heavy atom. The van der Waals surface area contributed by atoms with Gasteiger partial charge >= 0.3 is 11.9 Å². The van der Waals surface area contributed by atoms with Gasteiger partial charge in [0.2, 0.25) is 0 Å². The molecule has 0 heterocycles. The summed E-state index contributed by atoms with van der Waals surface area (Å²) in [5.74, 6) is -1.74. The van der Waals surface area contributed by atoms with Gasteiger partial charge < -0.3 is 28.6 Å². The van der Waals surface area contributed by atoms with Gasteiger partial charge in [0.1, 0.15) is 12.6 Å². The van der Waals surface area contributed by atoms with Gasteiger partial charge in [0, 0.05) is 19.3 Å². The SMILES string of the molecule is CC/C=C/C/C=C/C/C=C/C/C=C/CCCCCCCCCCCCC(=O)OC(COCCC(C(=O)[O-])[N+](C)(C)C)COC(=O)CCCCCCCCCCCC/C=C/C=C/CCCCCC. The summed E-state index contributed by atoms with van der Waals surface area (Å²) in [5.41, 5.74) is 0. The molecule has 2 unspecified atom stereocenters. The Bertz CT molecular complexity index is 1320. The molecule has 0 N–H and O–H groups in total. The van der Waals surface area contributed by atoms with Crippen molar-refractivity contribution in [2.24, 2.45) is 0 Å². The first-order valence-electron chi connectivity index (χ1n) is 27.5. The minimum absolute atomic E-state index is 0.0360. The Morgan fingerprint density at radius 2 is 0.881 bits per heavy atom. The zero-order chi connectivity index (χ0) is 49.2. The van der Waals surface area contributed by atoms with E-state index < -0.39 is 18.1 Å². The number of hydrogen-bond acceptors (Lipinski definition) is 7. The molecule has 0 aromatic heterocycles. The Hall–Kier alpha value is -3.23. The van der Waals surface area contributed by atoms with E-state index in [0.29, 0.717) is 12.8 Å². The van der Waals surface area contributed by atoms with Crippen molar-refractivity contribution >= 4 is 17.9 Å². The first-order chi connectivity index (χ1) is 32.6. The molecule has 0 saturated heterocycles. The maximum Gasteiger partial charge on any atom is 0.306 e. The summed E-state index contributed by atoms with van der Waals surface area (Å²) < 4.78 is 17.3. The van der Waals surface area contributed by atoms with Crippen LogP contribution >= 0.6 is 0 Å². The summed E-state index contributed by atoms with van der Waals surface area (Å²) in [6.45, 7) is 4.54. The van der Waals surface area contributed by atoms with Gasteiger partial charge in [-0.15, -0.1) is 0 Å². The fourth-order valence-electron chi connectivity index (χ4n) is 7.88. The number of unbranched alkanes of at least 4 members (excludes halogenated alkanes) is 24. The van der Waals surface area contributed by atoms with E-state index in [0.717, 1.165) is 64.2 Å². The molecule has 386 valence electrons. The highest BCUT2D eigenvalue weighted by Crippen LogP contribution is 2.15. The first-order valence-corrected chi connectivity index (χ1v) is 27.5. The Morgan fingerprint density at radius 3 is 1.33 bits per heavy atom. The molecule has 0 spiro atoms. The highest BCUT2D eigenvalue weighted by atomic mass is 16.6. The second kappa shape index (κ2) is 49.2. The number of carboxylic acid groups (broad SMARTS) is 1.